The molecular formula is C9H15NO. The minimum Gasteiger partial charge on any atom is -0.339 e. The van der Waals surface area contributed by atoms with Crippen molar-refractivity contribution in [3.8, 4) is 0 Å². The Bertz CT molecular complexity index is 174. The van der Waals surface area contributed by atoms with Crippen molar-refractivity contribution in [1.29, 1.82) is 0 Å². The van der Waals surface area contributed by atoms with Crippen molar-refractivity contribution in [3.05, 3.63) is 12.2 Å². The Kier molecular flexibility index (Phi) is 2.69. The molecular weight excluding hydrogens is 138 g/mol. The van der Waals surface area contributed by atoms with E-state index >= 15 is 0 Å². The van der Waals surface area contributed by atoms with E-state index in [1.54, 1.807) is 0 Å². The number of carbonyl (C=O) groups excluding carboxylic acids is 1. The van der Waals surface area contributed by atoms with Crippen molar-refractivity contribution in [2.75, 3.05) is 7.05 Å². The number of likely N-dealkylation sites (N-methyl/N-ethyl adjacent to an activating group) is 1. The maximum atomic E-state index is 11.2. The molecule has 0 aliphatic heterocycles. The van der Waals surface area contributed by atoms with Crippen LogP contribution in [0.3, 0.4) is 0 Å². The smallest absolute Gasteiger partial charge is 0.222 e. The molecule has 0 N–H and O–H groups in total. The van der Waals surface area contributed by atoms with Crippen molar-refractivity contribution in [1.82, 2.24) is 4.90 Å². The average Bonchev–Trinajstić information content (AvgIpc) is 2.53. The van der Waals surface area contributed by atoms with E-state index in [0.29, 0.717) is 12.5 Å². The number of rotatable bonds is 2. The largest absolute Gasteiger partial charge is 0.339 e. The van der Waals surface area contributed by atoms with Crippen LogP contribution >= 0.6 is 0 Å². The van der Waals surface area contributed by atoms with E-state index in [1.165, 1.54) is 0 Å². The lowest BCUT2D eigenvalue weighted by molar-refractivity contribution is -0.130. The highest BCUT2D eigenvalue weighted by Gasteiger charge is 2.17. The minimum absolute atomic E-state index is 0.238. The summed E-state index contributed by atoms with van der Waals surface area (Å²) in [6.07, 6.45) is 7.09. The molecule has 1 rings (SSSR count). The van der Waals surface area contributed by atoms with Crippen LogP contribution in [-0.4, -0.2) is 23.9 Å². The molecule has 2 heteroatoms. The lowest BCUT2D eigenvalue weighted by Gasteiger charge is -2.22. The molecule has 0 spiro atoms. The highest BCUT2D eigenvalue weighted by Crippen LogP contribution is 2.15. The lowest BCUT2D eigenvalue weighted by Crippen LogP contribution is -2.33. The molecule has 1 aliphatic carbocycles. The Balaban J connectivity index is 2.46. The Labute approximate surface area is 67.9 Å². The molecule has 0 aromatic carbocycles. The Morgan fingerprint density at radius 2 is 2.45 bits per heavy atom. The molecule has 0 fully saturated rings. The average molecular weight is 153 g/mol. The van der Waals surface area contributed by atoms with Gasteiger partial charge in [0, 0.05) is 19.5 Å². The van der Waals surface area contributed by atoms with E-state index in [9.17, 15) is 4.79 Å². The third-order valence-electron chi connectivity index (χ3n) is 2.18. The Hall–Kier alpha value is -0.790. The summed E-state index contributed by atoms with van der Waals surface area (Å²) in [4.78, 5) is 13.0. The molecule has 0 aromatic heterocycles. The quantitative estimate of drug-likeness (QED) is 0.551. The van der Waals surface area contributed by atoms with Crippen LogP contribution in [-0.2, 0) is 4.79 Å². The van der Waals surface area contributed by atoms with Crippen molar-refractivity contribution >= 4 is 5.91 Å². The lowest BCUT2D eigenvalue weighted by atomic mass is 10.2. The highest BCUT2D eigenvalue weighted by atomic mass is 16.2. The zero-order chi connectivity index (χ0) is 8.27. The van der Waals surface area contributed by atoms with Crippen LogP contribution in [0.1, 0.15) is 26.2 Å². The zero-order valence-corrected chi connectivity index (χ0v) is 7.21. The fourth-order valence-corrected chi connectivity index (χ4v) is 1.37. The van der Waals surface area contributed by atoms with Crippen LogP contribution in [0.4, 0.5) is 0 Å². The number of amides is 1. The summed E-state index contributed by atoms with van der Waals surface area (Å²) >= 11 is 0. The predicted molar refractivity (Wildman–Crippen MR) is 45.2 cm³/mol. The standard InChI is InChI=1S/C9H15NO/c1-3-9(11)10(2)8-6-4-5-7-8/h4,6,8H,3,5,7H2,1-2H3. The fourth-order valence-electron chi connectivity index (χ4n) is 1.37. The van der Waals surface area contributed by atoms with E-state index in [1.807, 2.05) is 18.9 Å². The van der Waals surface area contributed by atoms with Crippen molar-refractivity contribution in [2.45, 2.75) is 32.2 Å². The maximum Gasteiger partial charge on any atom is 0.222 e. The van der Waals surface area contributed by atoms with Crippen LogP contribution in [0.5, 0.6) is 0 Å². The summed E-state index contributed by atoms with van der Waals surface area (Å²) in [5.41, 5.74) is 0. The van der Waals surface area contributed by atoms with Gasteiger partial charge >= 0.3 is 0 Å². The minimum atomic E-state index is 0.238. The molecule has 1 unspecified atom stereocenters. The SMILES string of the molecule is CCC(=O)N(C)C1C=CCC1. The summed E-state index contributed by atoms with van der Waals surface area (Å²) in [6.45, 7) is 1.90. The summed E-state index contributed by atoms with van der Waals surface area (Å²) in [5, 5.41) is 0. The molecule has 0 radical (unpaired) electrons. The van der Waals surface area contributed by atoms with Gasteiger partial charge in [-0.25, -0.2) is 0 Å². The number of hydrogen-bond donors (Lipinski definition) is 0. The molecule has 0 saturated heterocycles. The topological polar surface area (TPSA) is 20.3 Å². The van der Waals surface area contributed by atoms with Crippen LogP contribution < -0.4 is 0 Å². The second-order valence-electron chi connectivity index (χ2n) is 2.93. The number of carbonyl (C=O) groups is 1. The van der Waals surface area contributed by atoms with Gasteiger partial charge in [0.25, 0.3) is 0 Å². The second kappa shape index (κ2) is 3.56. The van der Waals surface area contributed by atoms with Crippen LogP contribution in [0.15, 0.2) is 12.2 Å². The molecule has 0 aromatic rings. The van der Waals surface area contributed by atoms with Crippen LogP contribution in [0.25, 0.3) is 0 Å². The molecule has 0 saturated carbocycles. The second-order valence-corrected chi connectivity index (χ2v) is 2.93. The number of allylic oxidation sites excluding steroid dienone is 1. The van der Waals surface area contributed by atoms with Gasteiger partial charge in [0.05, 0.1) is 0 Å². The molecule has 0 heterocycles. The number of nitrogens with zero attached hydrogens (tertiary/aromatic N) is 1. The summed E-state index contributed by atoms with van der Waals surface area (Å²) in [5.74, 6) is 0.238. The first-order chi connectivity index (χ1) is 5.25. The van der Waals surface area contributed by atoms with Gasteiger partial charge in [0.2, 0.25) is 5.91 Å². The summed E-state index contributed by atoms with van der Waals surface area (Å²) in [7, 11) is 1.88. The van der Waals surface area contributed by atoms with Gasteiger partial charge in [-0.15, -0.1) is 0 Å². The molecule has 11 heavy (non-hydrogen) atoms. The zero-order valence-electron chi connectivity index (χ0n) is 7.21. The third-order valence-corrected chi connectivity index (χ3v) is 2.18. The molecule has 2 nitrogen and oxygen atoms in total. The van der Waals surface area contributed by atoms with Gasteiger partial charge in [-0.05, 0) is 12.8 Å². The summed E-state index contributed by atoms with van der Waals surface area (Å²) in [6, 6.07) is 0.363. The first-order valence-electron chi connectivity index (χ1n) is 4.18. The van der Waals surface area contributed by atoms with E-state index < -0.39 is 0 Å². The first-order valence-corrected chi connectivity index (χ1v) is 4.18. The molecule has 1 atom stereocenters. The third kappa shape index (κ3) is 1.82. The molecule has 62 valence electrons. The maximum absolute atomic E-state index is 11.2. The Morgan fingerprint density at radius 3 is 2.91 bits per heavy atom. The van der Waals surface area contributed by atoms with Gasteiger partial charge in [-0.3, -0.25) is 4.79 Å². The molecule has 0 bridgehead atoms. The van der Waals surface area contributed by atoms with E-state index in [4.69, 9.17) is 0 Å². The van der Waals surface area contributed by atoms with E-state index in [0.717, 1.165) is 12.8 Å². The monoisotopic (exact) mass is 153 g/mol. The van der Waals surface area contributed by atoms with Crippen LogP contribution in [0, 0.1) is 0 Å². The summed E-state index contributed by atoms with van der Waals surface area (Å²) < 4.78 is 0. The molecule has 1 amide bonds. The van der Waals surface area contributed by atoms with Gasteiger partial charge in [-0.2, -0.15) is 0 Å². The van der Waals surface area contributed by atoms with Gasteiger partial charge in [-0.1, -0.05) is 19.1 Å². The van der Waals surface area contributed by atoms with E-state index in [2.05, 4.69) is 12.2 Å². The van der Waals surface area contributed by atoms with Gasteiger partial charge in [0.1, 0.15) is 0 Å². The predicted octanol–water partition coefficient (Wildman–Crippen LogP) is 1.57. The van der Waals surface area contributed by atoms with E-state index in [-0.39, 0.29) is 5.91 Å². The van der Waals surface area contributed by atoms with Crippen molar-refractivity contribution in [2.24, 2.45) is 0 Å². The fraction of sp³-hybridized carbons (Fsp3) is 0.667. The highest BCUT2D eigenvalue weighted by molar-refractivity contribution is 5.76. The first kappa shape index (κ1) is 8.31. The van der Waals surface area contributed by atoms with Crippen LogP contribution in [0.2, 0.25) is 0 Å². The molecule has 1 aliphatic rings. The van der Waals surface area contributed by atoms with Crippen molar-refractivity contribution < 1.29 is 4.79 Å². The van der Waals surface area contributed by atoms with Gasteiger partial charge in [0.15, 0.2) is 0 Å². The number of hydrogen-bond acceptors (Lipinski definition) is 1. The Morgan fingerprint density at radius 1 is 1.73 bits per heavy atom. The normalized spacial score (nSPS) is 22.2. The van der Waals surface area contributed by atoms with Gasteiger partial charge < -0.3 is 4.90 Å². The van der Waals surface area contributed by atoms with Crippen molar-refractivity contribution in [3.63, 3.8) is 0 Å².